The molecule has 1 rings (SSSR count). The zero-order chi connectivity index (χ0) is 8.48. The monoisotopic (exact) mass is 162 g/mol. The minimum absolute atomic E-state index is 0.0741. The van der Waals surface area contributed by atoms with Gasteiger partial charge in [0.05, 0.1) is 0 Å². The van der Waals surface area contributed by atoms with E-state index in [1.807, 2.05) is 0 Å². The van der Waals surface area contributed by atoms with Gasteiger partial charge in [0.15, 0.2) is 0 Å². The van der Waals surface area contributed by atoms with Crippen LogP contribution in [-0.2, 0) is 0 Å². The molecular formula is C6H9BF2O2. The van der Waals surface area contributed by atoms with E-state index in [-0.39, 0.29) is 19.3 Å². The third-order valence-corrected chi connectivity index (χ3v) is 1.77. The molecule has 11 heavy (non-hydrogen) atoms. The van der Waals surface area contributed by atoms with Crippen molar-refractivity contribution in [3.8, 4) is 0 Å². The molecule has 0 bridgehead atoms. The second-order valence-corrected chi connectivity index (χ2v) is 2.71. The molecule has 0 fully saturated rings. The lowest BCUT2D eigenvalue weighted by Gasteiger charge is -2.20. The molecule has 2 nitrogen and oxygen atoms in total. The molecule has 0 spiro atoms. The highest BCUT2D eigenvalue weighted by Gasteiger charge is 2.33. The van der Waals surface area contributed by atoms with Crippen LogP contribution in [0.5, 0.6) is 0 Å². The number of allylic oxidation sites excluding steroid dienone is 2. The molecule has 0 atom stereocenters. The molecule has 1 aliphatic rings. The van der Waals surface area contributed by atoms with Gasteiger partial charge < -0.3 is 10.0 Å². The van der Waals surface area contributed by atoms with Gasteiger partial charge in [-0.15, -0.1) is 0 Å². The molecule has 0 aromatic heterocycles. The van der Waals surface area contributed by atoms with Gasteiger partial charge in [0.25, 0.3) is 5.92 Å². The minimum atomic E-state index is -2.65. The van der Waals surface area contributed by atoms with Gasteiger partial charge in [-0.05, 0) is 11.9 Å². The summed E-state index contributed by atoms with van der Waals surface area (Å²) in [5.41, 5.74) is 0.302. The summed E-state index contributed by atoms with van der Waals surface area (Å²) >= 11 is 0. The fourth-order valence-corrected chi connectivity index (χ4v) is 1.05. The number of rotatable bonds is 1. The van der Waals surface area contributed by atoms with Crippen LogP contribution < -0.4 is 0 Å². The first kappa shape index (κ1) is 8.68. The van der Waals surface area contributed by atoms with Gasteiger partial charge in [-0.1, -0.05) is 6.08 Å². The van der Waals surface area contributed by atoms with Crippen LogP contribution in [-0.4, -0.2) is 23.1 Å². The highest BCUT2D eigenvalue weighted by atomic mass is 19.3. The predicted octanol–water partition coefficient (Wildman–Crippen LogP) is 0.744. The first-order valence-electron chi connectivity index (χ1n) is 3.44. The fourth-order valence-electron chi connectivity index (χ4n) is 1.05. The molecule has 0 saturated carbocycles. The van der Waals surface area contributed by atoms with E-state index in [2.05, 4.69) is 0 Å². The van der Waals surface area contributed by atoms with Gasteiger partial charge in [0, 0.05) is 12.8 Å². The van der Waals surface area contributed by atoms with Crippen LogP contribution in [0, 0.1) is 0 Å². The van der Waals surface area contributed by atoms with Crippen LogP contribution >= 0.6 is 0 Å². The normalized spacial score (nSPS) is 22.7. The summed E-state index contributed by atoms with van der Waals surface area (Å²) in [6.07, 6.45) is 0.620. The summed E-state index contributed by atoms with van der Waals surface area (Å²) in [6, 6.07) is 0. The quantitative estimate of drug-likeness (QED) is 0.558. The molecule has 5 heteroatoms. The molecule has 0 aliphatic heterocycles. The molecule has 0 amide bonds. The lowest BCUT2D eigenvalue weighted by molar-refractivity contribution is -0.00813. The Balaban J connectivity index is 2.58. The summed E-state index contributed by atoms with van der Waals surface area (Å²) in [6.45, 7) is 0. The highest BCUT2D eigenvalue weighted by Crippen LogP contribution is 2.32. The van der Waals surface area contributed by atoms with Crippen molar-refractivity contribution in [1.29, 1.82) is 0 Å². The van der Waals surface area contributed by atoms with Gasteiger partial charge in [-0.3, -0.25) is 0 Å². The average Bonchev–Trinajstić information content (AvgIpc) is 1.86. The fraction of sp³-hybridized carbons (Fsp3) is 0.667. The Hall–Kier alpha value is -0.415. The Kier molecular flexibility index (Phi) is 2.29. The van der Waals surface area contributed by atoms with E-state index in [1.54, 1.807) is 0 Å². The second-order valence-electron chi connectivity index (χ2n) is 2.71. The van der Waals surface area contributed by atoms with E-state index in [9.17, 15) is 8.78 Å². The van der Waals surface area contributed by atoms with Crippen LogP contribution in [0.3, 0.4) is 0 Å². The summed E-state index contributed by atoms with van der Waals surface area (Å²) < 4.78 is 24.9. The van der Waals surface area contributed by atoms with Crippen LogP contribution in [0.2, 0.25) is 0 Å². The van der Waals surface area contributed by atoms with Gasteiger partial charge in [-0.2, -0.15) is 0 Å². The van der Waals surface area contributed by atoms with E-state index in [0.29, 0.717) is 5.47 Å². The third kappa shape index (κ3) is 2.27. The van der Waals surface area contributed by atoms with Crippen molar-refractivity contribution in [2.24, 2.45) is 0 Å². The Bertz CT molecular complexity index is 179. The molecule has 0 saturated heterocycles. The Morgan fingerprint density at radius 3 is 2.45 bits per heavy atom. The zero-order valence-corrected chi connectivity index (χ0v) is 5.93. The van der Waals surface area contributed by atoms with Crippen molar-refractivity contribution in [1.82, 2.24) is 0 Å². The average molecular weight is 162 g/mol. The molecule has 0 aromatic carbocycles. The summed E-state index contributed by atoms with van der Waals surface area (Å²) in [5.74, 6) is -2.65. The number of halogens is 2. The van der Waals surface area contributed by atoms with Crippen molar-refractivity contribution >= 4 is 7.12 Å². The number of hydrogen-bond donors (Lipinski definition) is 2. The molecule has 62 valence electrons. The minimum Gasteiger partial charge on any atom is -0.423 e. The van der Waals surface area contributed by atoms with E-state index >= 15 is 0 Å². The van der Waals surface area contributed by atoms with Crippen LogP contribution in [0.1, 0.15) is 19.3 Å². The van der Waals surface area contributed by atoms with Gasteiger partial charge >= 0.3 is 7.12 Å². The van der Waals surface area contributed by atoms with Crippen molar-refractivity contribution in [2.75, 3.05) is 0 Å². The van der Waals surface area contributed by atoms with Gasteiger partial charge in [0.1, 0.15) is 0 Å². The number of alkyl halides is 2. The van der Waals surface area contributed by atoms with Crippen molar-refractivity contribution in [3.63, 3.8) is 0 Å². The molecule has 0 aromatic rings. The largest absolute Gasteiger partial charge is 0.483 e. The lowest BCUT2D eigenvalue weighted by atomic mass is 9.73. The van der Waals surface area contributed by atoms with Crippen LogP contribution in [0.4, 0.5) is 8.78 Å². The predicted molar refractivity (Wildman–Crippen MR) is 37.1 cm³/mol. The molecule has 0 radical (unpaired) electrons. The smallest absolute Gasteiger partial charge is 0.423 e. The maximum absolute atomic E-state index is 12.4. The summed E-state index contributed by atoms with van der Waals surface area (Å²) in [5, 5.41) is 17.2. The summed E-state index contributed by atoms with van der Waals surface area (Å²) in [4.78, 5) is 0. The third-order valence-electron chi connectivity index (χ3n) is 1.77. The van der Waals surface area contributed by atoms with E-state index in [1.165, 1.54) is 6.08 Å². The molecule has 0 heterocycles. The lowest BCUT2D eigenvalue weighted by Crippen LogP contribution is -2.25. The molecule has 1 aliphatic carbocycles. The van der Waals surface area contributed by atoms with Crippen molar-refractivity contribution in [2.45, 2.75) is 25.2 Å². The van der Waals surface area contributed by atoms with Crippen molar-refractivity contribution < 1.29 is 18.8 Å². The van der Waals surface area contributed by atoms with Crippen LogP contribution in [0.15, 0.2) is 11.5 Å². The Morgan fingerprint density at radius 2 is 2.09 bits per heavy atom. The van der Waals surface area contributed by atoms with E-state index < -0.39 is 13.0 Å². The van der Waals surface area contributed by atoms with Crippen LogP contribution in [0.25, 0.3) is 0 Å². The first-order valence-corrected chi connectivity index (χ1v) is 3.44. The zero-order valence-electron chi connectivity index (χ0n) is 5.93. The maximum Gasteiger partial charge on any atom is 0.483 e. The standard InChI is InChI=1S/C6H9BF2O2/c8-6(9)3-1-5(2-4-6)7(10)11/h1,10-11H,2-4H2. The Morgan fingerprint density at radius 1 is 1.45 bits per heavy atom. The molecule has 0 unspecified atom stereocenters. The Labute approximate surface area is 63.7 Å². The second kappa shape index (κ2) is 2.91. The first-order chi connectivity index (χ1) is 5.01. The van der Waals surface area contributed by atoms with Crippen molar-refractivity contribution in [3.05, 3.63) is 11.5 Å². The molecule has 2 N–H and O–H groups in total. The highest BCUT2D eigenvalue weighted by molar-refractivity contribution is 6.50. The van der Waals surface area contributed by atoms with E-state index in [4.69, 9.17) is 10.0 Å². The maximum atomic E-state index is 12.4. The summed E-state index contributed by atoms with van der Waals surface area (Å²) in [7, 11) is -1.56. The molecular weight excluding hydrogens is 153 g/mol. The SMILES string of the molecule is OB(O)C1=CCC(F)(F)CC1. The number of hydrogen-bond acceptors (Lipinski definition) is 2. The van der Waals surface area contributed by atoms with Gasteiger partial charge in [-0.25, -0.2) is 8.78 Å². The van der Waals surface area contributed by atoms with E-state index in [0.717, 1.165) is 0 Å². The van der Waals surface area contributed by atoms with Gasteiger partial charge in [0.2, 0.25) is 0 Å². The topological polar surface area (TPSA) is 40.5 Å².